The van der Waals surface area contributed by atoms with Gasteiger partial charge in [-0.05, 0) is 41.5 Å². The highest BCUT2D eigenvalue weighted by Crippen LogP contribution is 2.21. The summed E-state index contributed by atoms with van der Waals surface area (Å²) in [6.45, 7) is 1.36. The van der Waals surface area contributed by atoms with Gasteiger partial charge in [-0.25, -0.2) is 0 Å². The van der Waals surface area contributed by atoms with Crippen LogP contribution in [-0.4, -0.2) is 18.4 Å². The smallest absolute Gasteiger partial charge is 0.262 e. The highest BCUT2D eigenvalue weighted by Gasteiger charge is 2.08. The molecule has 0 saturated carbocycles. The lowest BCUT2D eigenvalue weighted by molar-refractivity contribution is -0.118. The van der Waals surface area contributed by atoms with Crippen LogP contribution in [0.4, 0.5) is 11.4 Å². The molecule has 0 aliphatic carbocycles. The van der Waals surface area contributed by atoms with Crippen molar-refractivity contribution in [3.05, 3.63) is 90.0 Å². The molecule has 0 aliphatic rings. The van der Waals surface area contributed by atoms with E-state index in [1.54, 1.807) is 24.3 Å². The standard InChI is InChI=1S/C23H22N2O3/c1-17(26)24-20-11-13-21(14-12-20)25-23(27)16-28-22-10-6-5-9-19(22)15-18-7-3-2-4-8-18/h2-14H,15-16H2,1H3,(H,24,26)(H,25,27). The van der Waals surface area contributed by atoms with Gasteiger partial charge in [-0.2, -0.15) is 0 Å². The number of amides is 2. The molecule has 2 N–H and O–H groups in total. The zero-order valence-electron chi connectivity index (χ0n) is 15.6. The molecule has 3 rings (SSSR count). The van der Waals surface area contributed by atoms with E-state index in [0.717, 1.165) is 12.0 Å². The van der Waals surface area contributed by atoms with E-state index < -0.39 is 0 Å². The lowest BCUT2D eigenvalue weighted by Gasteiger charge is -2.12. The molecule has 28 heavy (non-hydrogen) atoms. The van der Waals surface area contributed by atoms with Gasteiger partial charge in [-0.15, -0.1) is 0 Å². The molecular weight excluding hydrogens is 352 g/mol. The van der Waals surface area contributed by atoms with Gasteiger partial charge in [-0.3, -0.25) is 9.59 Å². The van der Waals surface area contributed by atoms with Crippen molar-refractivity contribution in [3.8, 4) is 5.75 Å². The van der Waals surface area contributed by atoms with E-state index in [1.165, 1.54) is 12.5 Å². The van der Waals surface area contributed by atoms with Gasteiger partial charge in [0.05, 0.1) is 0 Å². The molecule has 0 heterocycles. The highest BCUT2D eigenvalue weighted by molar-refractivity contribution is 5.93. The van der Waals surface area contributed by atoms with Gasteiger partial charge in [0.25, 0.3) is 5.91 Å². The van der Waals surface area contributed by atoms with E-state index in [2.05, 4.69) is 22.8 Å². The first-order valence-corrected chi connectivity index (χ1v) is 9.02. The Morgan fingerprint density at radius 1 is 0.786 bits per heavy atom. The molecule has 0 saturated heterocycles. The lowest BCUT2D eigenvalue weighted by atomic mass is 10.0. The minimum Gasteiger partial charge on any atom is -0.483 e. The molecular formula is C23H22N2O3. The van der Waals surface area contributed by atoms with E-state index in [4.69, 9.17) is 4.74 Å². The van der Waals surface area contributed by atoms with Crippen molar-refractivity contribution in [2.75, 3.05) is 17.2 Å². The maximum atomic E-state index is 12.2. The summed E-state index contributed by atoms with van der Waals surface area (Å²) in [7, 11) is 0. The average Bonchev–Trinajstić information content (AvgIpc) is 2.69. The van der Waals surface area contributed by atoms with Crippen LogP contribution in [0, 0.1) is 0 Å². The van der Waals surface area contributed by atoms with Gasteiger partial charge in [-0.1, -0.05) is 48.5 Å². The molecule has 0 aliphatic heterocycles. The highest BCUT2D eigenvalue weighted by atomic mass is 16.5. The summed E-state index contributed by atoms with van der Waals surface area (Å²) in [4.78, 5) is 23.3. The summed E-state index contributed by atoms with van der Waals surface area (Å²) in [5.41, 5.74) is 3.53. The molecule has 2 amide bonds. The maximum absolute atomic E-state index is 12.2. The van der Waals surface area contributed by atoms with Crippen molar-refractivity contribution in [1.29, 1.82) is 0 Å². The Hall–Kier alpha value is -3.60. The number of anilines is 2. The molecule has 0 spiro atoms. The van der Waals surface area contributed by atoms with Gasteiger partial charge in [0.2, 0.25) is 5.91 Å². The van der Waals surface area contributed by atoms with Crippen molar-refractivity contribution in [2.45, 2.75) is 13.3 Å². The maximum Gasteiger partial charge on any atom is 0.262 e. The zero-order valence-corrected chi connectivity index (χ0v) is 15.6. The zero-order chi connectivity index (χ0) is 19.8. The number of nitrogens with one attached hydrogen (secondary N) is 2. The van der Waals surface area contributed by atoms with Crippen molar-refractivity contribution >= 4 is 23.2 Å². The van der Waals surface area contributed by atoms with Crippen molar-refractivity contribution in [2.24, 2.45) is 0 Å². The van der Waals surface area contributed by atoms with Crippen LogP contribution in [0.1, 0.15) is 18.1 Å². The third-order valence-corrected chi connectivity index (χ3v) is 4.06. The van der Waals surface area contributed by atoms with Crippen LogP contribution in [0.25, 0.3) is 0 Å². The number of rotatable bonds is 7. The van der Waals surface area contributed by atoms with Gasteiger partial charge < -0.3 is 15.4 Å². The first-order valence-electron chi connectivity index (χ1n) is 9.02. The number of ether oxygens (including phenoxy) is 1. The second kappa shape index (κ2) is 9.37. The van der Waals surface area contributed by atoms with E-state index in [-0.39, 0.29) is 18.4 Å². The van der Waals surface area contributed by atoms with E-state index >= 15 is 0 Å². The van der Waals surface area contributed by atoms with Crippen LogP contribution in [0.15, 0.2) is 78.9 Å². The van der Waals surface area contributed by atoms with E-state index in [9.17, 15) is 9.59 Å². The molecule has 0 aromatic heterocycles. The lowest BCUT2D eigenvalue weighted by Crippen LogP contribution is -2.20. The van der Waals surface area contributed by atoms with Crippen molar-refractivity contribution in [3.63, 3.8) is 0 Å². The van der Waals surface area contributed by atoms with E-state index in [0.29, 0.717) is 17.1 Å². The minimum absolute atomic E-state index is 0.0841. The fourth-order valence-corrected chi connectivity index (χ4v) is 2.79. The molecule has 0 atom stereocenters. The molecule has 3 aromatic rings. The summed E-state index contributed by atoms with van der Waals surface area (Å²) in [5, 5.41) is 5.47. The number of para-hydroxylation sites is 1. The SMILES string of the molecule is CC(=O)Nc1ccc(NC(=O)COc2ccccc2Cc2ccccc2)cc1. The molecule has 5 heteroatoms. The van der Waals surface area contributed by atoms with Gasteiger partial charge >= 0.3 is 0 Å². The molecule has 5 nitrogen and oxygen atoms in total. The van der Waals surface area contributed by atoms with Gasteiger partial charge in [0.1, 0.15) is 5.75 Å². The number of hydrogen-bond donors (Lipinski definition) is 2. The second-order valence-corrected chi connectivity index (χ2v) is 6.37. The van der Waals surface area contributed by atoms with Crippen molar-refractivity contribution < 1.29 is 14.3 Å². The Balaban J connectivity index is 1.57. The van der Waals surface area contributed by atoms with Crippen LogP contribution >= 0.6 is 0 Å². The van der Waals surface area contributed by atoms with Crippen LogP contribution in [0.2, 0.25) is 0 Å². The summed E-state index contributed by atoms with van der Waals surface area (Å²) in [6.07, 6.45) is 0.739. The summed E-state index contributed by atoms with van der Waals surface area (Å²) >= 11 is 0. The average molecular weight is 374 g/mol. The molecule has 3 aromatic carbocycles. The van der Waals surface area contributed by atoms with Crippen LogP contribution in [0.3, 0.4) is 0 Å². The third kappa shape index (κ3) is 5.71. The topological polar surface area (TPSA) is 67.4 Å². The third-order valence-electron chi connectivity index (χ3n) is 4.06. The normalized spacial score (nSPS) is 10.2. The largest absolute Gasteiger partial charge is 0.483 e. The Labute approximate surface area is 164 Å². The summed E-state index contributed by atoms with van der Waals surface area (Å²) in [6, 6.07) is 24.8. The van der Waals surface area contributed by atoms with Crippen LogP contribution < -0.4 is 15.4 Å². The van der Waals surface area contributed by atoms with Gasteiger partial charge in [0.15, 0.2) is 6.61 Å². The number of carbonyl (C=O) groups is 2. The minimum atomic E-state index is -0.248. The Morgan fingerprint density at radius 3 is 2.07 bits per heavy atom. The molecule has 0 fully saturated rings. The molecule has 0 radical (unpaired) electrons. The summed E-state index contributed by atoms with van der Waals surface area (Å²) in [5.74, 6) is 0.309. The number of carbonyl (C=O) groups excluding carboxylic acids is 2. The number of benzene rings is 3. The fraction of sp³-hybridized carbons (Fsp3) is 0.130. The quantitative estimate of drug-likeness (QED) is 0.650. The Morgan fingerprint density at radius 2 is 1.39 bits per heavy atom. The Kier molecular flexibility index (Phi) is 6.41. The first-order chi connectivity index (χ1) is 13.6. The monoisotopic (exact) mass is 374 g/mol. The van der Waals surface area contributed by atoms with Crippen molar-refractivity contribution in [1.82, 2.24) is 0 Å². The first kappa shape index (κ1) is 19.2. The van der Waals surface area contributed by atoms with Crippen LogP contribution in [-0.2, 0) is 16.0 Å². The van der Waals surface area contributed by atoms with Gasteiger partial charge in [0, 0.05) is 24.7 Å². The predicted octanol–water partition coefficient (Wildman–Crippen LogP) is 4.25. The number of hydrogen-bond acceptors (Lipinski definition) is 3. The predicted molar refractivity (Wildman–Crippen MR) is 111 cm³/mol. The fourth-order valence-electron chi connectivity index (χ4n) is 2.79. The van der Waals surface area contributed by atoms with Crippen LogP contribution in [0.5, 0.6) is 5.75 Å². The molecule has 142 valence electrons. The Bertz CT molecular complexity index is 938. The molecule has 0 bridgehead atoms. The summed E-state index contributed by atoms with van der Waals surface area (Å²) < 4.78 is 5.75. The second-order valence-electron chi connectivity index (χ2n) is 6.37. The van der Waals surface area contributed by atoms with E-state index in [1.807, 2.05) is 42.5 Å². The molecule has 0 unspecified atom stereocenters.